The molecule has 0 aromatic heterocycles. The van der Waals surface area contributed by atoms with Crippen LogP contribution in [0.25, 0.3) is 0 Å². The highest BCUT2D eigenvalue weighted by Crippen LogP contribution is 2.27. The van der Waals surface area contributed by atoms with Crippen molar-refractivity contribution in [2.24, 2.45) is 0 Å². The van der Waals surface area contributed by atoms with Gasteiger partial charge >= 0.3 is 11.9 Å². The van der Waals surface area contributed by atoms with Gasteiger partial charge in [0.05, 0.1) is 14.2 Å². The molecular formula is C19H22BrNO6. The fourth-order valence-corrected chi connectivity index (χ4v) is 2.56. The summed E-state index contributed by atoms with van der Waals surface area (Å²) in [5, 5.41) is 18.2. The van der Waals surface area contributed by atoms with Gasteiger partial charge in [-0.1, -0.05) is 40.2 Å². The number of hydrogen-bond acceptors (Lipinski definition) is 5. The van der Waals surface area contributed by atoms with Crippen molar-refractivity contribution in [2.75, 3.05) is 20.8 Å². The number of carboxylic acid groups (broad SMARTS) is 2. The maximum Gasteiger partial charge on any atom is 0.414 e. The number of aliphatic carboxylic acids is 2. The van der Waals surface area contributed by atoms with Crippen LogP contribution in [0.3, 0.4) is 0 Å². The summed E-state index contributed by atoms with van der Waals surface area (Å²) in [6.07, 6.45) is 0.949. The van der Waals surface area contributed by atoms with E-state index in [2.05, 4.69) is 45.5 Å². The predicted molar refractivity (Wildman–Crippen MR) is 104 cm³/mol. The quantitative estimate of drug-likeness (QED) is 0.449. The van der Waals surface area contributed by atoms with Crippen LogP contribution in [0.15, 0.2) is 46.9 Å². The van der Waals surface area contributed by atoms with Crippen molar-refractivity contribution in [3.8, 4) is 11.5 Å². The van der Waals surface area contributed by atoms with Crippen molar-refractivity contribution in [1.82, 2.24) is 5.32 Å². The summed E-state index contributed by atoms with van der Waals surface area (Å²) in [4.78, 5) is 18.2. The second-order valence-corrected chi connectivity index (χ2v) is 6.17. The number of nitrogens with one attached hydrogen (secondary N) is 1. The van der Waals surface area contributed by atoms with E-state index in [4.69, 9.17) is 29.3 Å². The normalized spacial score (nSPS) is 9.74. The van der Waals surface area contributed by atoms with Crippen LogP contribution in [0.5, 0.6) is 11.5 Å². The molecule has 2 aromatic rings. The van der Waals surface area contributed by atoms with Gasteiger partial charge in [0.15, 0.2) is 11.5 Å². The van der Waals surface area contributed by atoms with E-state index < -0.39 is 11.9 Å². The molecule has 2 aromatic carbocycles. The SMILES string of the molecule is COc1ccc(CCNCc2ccccc2Br)cc1OC.O=C(O)C(=O)O. The van der Waals surface area contributed by atoms with Gasteiger partial charge in [0.1, 0.15) is 0 Å². The Bertz CT molecular complexity index is 754. The summed E-state index contributed by atoms with van der Waals surface area (Å²) >= 11 is 3.56. The zero-order valence-electron chi connectivity index (χ0n) is 15.1. The first-order valence-corrected chi connectivity index (χ1v) is 8.79. The topological polar surface area (TPSA) is 105 Å². The average Bonchev–Trinajstić information content (AvgIpc) is 2.66. The lowest BCUT2D eigenvalue weighted by atomic mass is 10.1. The van der Waals surface area contributed by atoms with E-state index in [1.807, 2.05) is 18.2 Å². The second-order valence-electron chi connectivity index (χ2n) is 5.32. The number of carbonyl (C=O) groups is 2. The van der Waals surface area contributed by atoms with E-state index in [1.54, 1.807) is 14.2 Å². The lowest BCUT2D eigenvalue weighted by Crippen LogP contribution is -2.17. The molecule has 0 radical (unpaired) electrons. The van der Waals surface area contributed by atoms with Crippen LogP contribution in [0.4, 0.5) is 0 Å². The number of carboxylic acids is 2. The molecule has 0 saturated heterocycles. The van der Waals surface area contributed by atoms with Gasteiger partial charge in [-0.05, 0) is 42.3 Å². The van der Waals surface area contributed by atoms with Crippen LogP contribution in [0, 0.1) is 0 Å². The van der Waals surface area contributed by atoms with Gasteiger partial charge in [-0.3, -0.25) is 0 Å². The van der Waals surface area contributed by atoms with Crippen molar-refractivity contribution in [3.63, 3.8) is 0 Å². The molecule has 0 aliphatic heterocycles. The molecule has 3 N–H and O–H groups in total. The van der Waals surface area contributed by atoms with E-state index in [9.17, 15) is 0 Å². The predicted octanol–water partition coefficient (Wildman–Crippen LogP) is 2.95. The van der Waals surface area contributed by atoms with Gasteiger partial charge in [-0.15, -0.1) is 0 Å². The number of methoxy groups -OCH3 is 2. The van der Waals surface area contributed by atoms with Crippen molar-refractivity contribution < 1.29 is 29.3 Å². The summed E-state index contributed by atoms with van der Waals surface area (Å²) in [5.41, 5.74) is 2.50. The van der Waals surface area contributed by atoms with Gasteiger partial charge in [0.25, 0.3) is 0 Å². The minimum absolute atomic E-state index is 0.766. The minimum atomic E-state index is -1.82. The lowest BCUT2D eigenvalue weighted by molar-refractivity contribution is -0.159. The molecule has 27 heavy (non-hydrogen) atoms. The highest BCUT2D eigenvalue weighted by Gasteiger charge is 2.05. The van der Waals surface area contributed by atoms with E-state index >= 15 is 0 Å². The minimum Gasteiger partial charge on any atom is -0.493 e. The molecule has 2 rings (SSSR count). The number of benzene rings is 2. The summed E-state index contributed by atoms with van der Waals surface area (Å²) in [6.45, 7) is 1.77. The molecule has 0 unspecified atom stereocenters. The number of halogens is 1. The molecule has 0 spiro atoms. The van der Waals surface area contributed by atoms with E-state index in [-0.39, 0.29) is 0 Å². The fraction of sp³-hybridized carbons (Fsp3) is 0.263. The van der Waals surface area contributed by atoms with Crippen LogP contribution < -0.4 is 14.8 Å². The monoisotopic (exact) mass is 439 g/mol. The van der Waals surface area contributed by atoms with Gasteiger partial charge in [-0.2, -0.15) is 0 Å². The molecule has 0 aliphatic rings. The summed E-state index contributed by atoms with van der Waals surface area (Å²) in [7, 11) is 3.31. The highest BCUT2D eigenvalue weighted by atomic mass is 79.9. The third-order valence-corrected chi connectivity index (χ3v) is 4.27. The first kappa shape index (κ1) is 22.5. The number of hydrogen-bond donors (Lipinski definition) is 3. The Morgan fingerprint density at radius 2 is 1.63 bits per heavy atom. The van der Waals surface area contributed by atoms with Gasteiger partial charge in [0, 0.05) is 11.0 Å². The molecule has 0 atom stereocenters. The average molecular weight is 440 g/mol. The van der Waals surface area contributed by atoms with Crippen LogP contribution >= 0.6 is 15.9 Å². The van der Waals surface area contributed by atoms with Crippen LogP contribution in [0.1, 0.15) is 11.1 Å². The molecule has 146 valence electrons. The first-order chi connectivity index (χ1) is 12.9. The second kappa shape index (κ2) is 11.9. The van der Waals surface area contributed by atoms with Crippen molar-refractivity contribution >= 4 is 27.9 Å². The van der Waals surface area contributed by atoms with E-state index in [0.717, 1.165) is 35.5 Å². The molecule has 0 saturated carbocycles. The van der Waals surface area contributed by atoms with Crippen LogP contribution in [-0.4, -0.2) is 42.9 Å². The Balaban J connectivity index is 0.000000527. The summed E-state index contributed by atoms with van der Waals surface area (Å²) < 4.78 is 11.7. The van der Waals surface area contributed by atoms with Crippen molar-refractivity contribution in [2.45, 2.75) is 13.0 Å². The van der Waals surface area contributed by atoms with E-state index in [1.165, 1.54) is 11.1 Å². The number of ether oxygens (including phenoxy) is 2. The third kappa shape index (κ3) is 8.10. The molecule has 7 nitrogen and oxygen atoms in total. The fourth-order valence-electron chi connectivity index (χ4n) is 2.13. The largest absolute Gasteiger partial charge is 0.493 e. The molecule has 0 amide bonds. The van der Waals surface area contributed by atoms with E-state index in [0.29, 0.717) is 0 Å². The molecular weight excluding hydrogens is 418 g/mol. The molecule has 0 bridgehead atoms. The van der Waals surface area contributed by atoms with Gasteiger partial charge in [0.2, 0.25) is 0 Å². The Kier molecular flexibility index (Phi) is 9.92. The van der Waals surface area contributed by atoms with Crippen molar-refractivity contribution in [3.05, 3.63) is 58.1 Å². The zero-order valence-corrected chi connectivity index (χ0v) is 16.7. The summed E-state index contributed by atoms with van der Waals surface area (Å²) in [6, 6.07) is 14.3. The number of rotatable bonds is 7. The molecule has 0 aliphatic carbocycles. The Morgan fingerprint density at radius 1 is 1.00 bits per heavy atom. The maximum atomic E-state index is 9.10. The Hall–Kier alpha value is -2.58. The Labute approximate surface area is 166 Å². The van der Waals surface area contributed by atoms with Crippen LogP contribution in [0.2, 0.25) is 0 Å². The third-order valence-electron chi connectivity index (χ3n) is 3.49. The highest BCUT2D eigenvalue weighted by molar-refractivity contribution is 9.10. The lowest BCUT2D eigenvalue weighted by Gasteiger charge is -2.10. The van der Waals surface area contributed by atoms with Crippen molar-refractivity contribution in [1.29, 1.82) is 0 Å². The molecule has 0 heterocycles. The molecule has 0 fully saturated rings. The van der Waals surface area contributed by atoms with Gasteiger partial charge in [-0.25, -0.2) is 9.59 Å². The maximum absolute atomic E-state index is 9.10. The first-order valence-electron chi connectivity index (χ1n) is 8.00. The summed E-state index contributed by atoms with van der Waals surface area (Å²) in [5.74, 6) is -2.10. The standard InChI is InChI=1S/C17H20BrNO2.C2H2O4/c1-20-16-8-7-13(11-17(16)21-2)9-10-19-12-14-5-3-4-6-15(14)18;3-1(4)2(5)6/h3-8,11,19H,9-10,12H2,1-2H3;(H,3,4)(H,5,6). The van der Waals surface area contributed by atoms with Gasteiger partial charge < -0.3 is 25.0 Å². The zero-order chi connectivity index (χ0) is 20.2. The van der Waals surface area contributed by atoms with Crippen LogP contribution in [-0.2, 0) is 22.6 Å². The molecule has 8 heteroatoms. The Morgan fingerprint density at radius 3 is 2.19 bits per heavy atom. The smallest absolute Gasteiger partial charge is 0.414 e.